The Hall–Kier alpha value is -2.31. The molecule has 2 aliphatic rings. The molecule has 2 saturated heterocycles. The van der Waals surface area contributed by atoms with Crippen molar-refractivity contribution < 1.29 is 64.6 Å². The van der Waals surface area contributed by atoms with E-state index < -0.39 is 86.8 Å². The van der Waals surface area contributed by atoms with Gasteiger partial charge >= 0.3 is 0 Å². The van der Waals surface area contributed by atoms with Crippen LogP contribution in [0.25, 0.3) is 0 Å². The van der Waals surface area contributed by atoms with Crippen LogP contribution in [0.1, 0.15) is 354 Å². The second kappa shape index (κ2) is 65.0. The SMILES string of the molecule is CCCCCCC/C=C\C/C=C\CCCCCCCCCCCCCCCCCCCCCCCCCCCCCCCC(=O)NC(COC1OC(CO)C(OC2OC(CO)C(O)C(O)C2O)C(O)C1O)C(O)/C=C/CC/C=C/CC/C=C/CCCCCCCCCCCC. The lowest BCUT2D eigenvalue weighted by atomic mass is 9.97. The number of carbonyl (C=O) groups excluding carboxylic acids is 1. The first kappa shape index (κ1) is 88.8. The molecular formula is C81H149NO13. The van der Waals surface area contributed by atoms with Gasteiger partial charge in [0.2, 0.25) is 5.91 Å². The highest BCUT2D eigenvalue weighted by Crippen LogP contribution is 2.30. The van der Waals surface area contributed by atoms with Crippen LogP contribution in [-0.2, 0) is 23.7 Å². The number of allylic oxidation sites excluding steroid dienone is 9. The number of hydrogen-bond donors (Lipinski definition) is 9. The van der Waals surface area contributed by atoms with Crippen molar-refractivity contribution in [1.82, 2.24) is 5.32 Å². The molecule has 14 nitrogen and oxygen atoms in total. The molecule has 0 aromatic carbocycles. The fourth-order valence-corrected chi connectivity index (χ4v) is 13.1. The van der Waals surface area contributed by atoms with Gasteiger partial charge in [-0.1, -0.05) is 331 Å². The molecule has 0 bridgehead atoms. The Morgan fingerprint density at radius 2 is 0.705 bits per heavy atom. The smallest absolute Gasteiger partial charge is 0.220 e. The second-order valence-electron chi connectivity index (χ2n) is 28.2. The summed E-state index contributed by atoms with van der Waals surface area (Å²) in [5, 5.41) is 87.5. The van der Waals surface area contributed by atoms with Gasteiger partial charge in [-0.05, 0) is 77.0 Å². The topological polar surface area (TPSA) is 228 Å². The van der Waals surface area contributed by atoms with E-state index in [0.29, 0.717) is 12.8 Å². The number of carbonyl (C=O) groups is 1. The Bertz CT molecular complexity index is 1830. The molecule has 0 aromatic rings. The third-order valence-corrected chi connectivity index (χ3v) is 19.4. The zero-order valence-electron chi connectivity index (χ0n) is 60.9. The molecule has 1 amide bonds. The van der Waals surface area contributed by atoms with Crippen LogP contribution in [0.5, 0.6) is 0 Å². The van der Waals surface area contributed by atoms with Gasteiger partial charge in [-0.15, -0.1) is 0 Å². The first-order chi connectivity index (χ1) is 46.6. The number of unbranched alkanes of at least 4 members (excludes halogenated alkanes) is 46. The van der Waals surface area contributed by atoms with Gasteiger partial charge in [-0.3, -0.25) is 4.79 Å². The maximum absolute atomic E-state index is 13.4. The molecule has 12 atom stereocenters. The second-order valence-corrected chi connectivity index (χ2v) is 28.2. The summed E-state index contributed by atoms with van der Waals surface area (Å²) in [6.07, 6.45) is 71.8. The van der Waals surface area contributed by atoms with Crippen molar-refractivity contribution in [3.8, 4) is 0 Å². The molecule has 0 spiro atoms. The molecule has 14 heteroatoms. The third-order valence-electron chi connectivity index (χ3n) is 19.4. The summed E-state index contributed by atoms with van der Waals surface area (Å²) in [5.74, 6) is -0.247. The van der Waals surface area contributed by atoms with Crippen molar-refractivity contribution in [2.75, 3.05) is 19.8 Å². The Balaban J connectivity index is 1.56. The van der Waals surface area contributed by atoms with Crippen LogP contribution < -0.4 is 5.32 Å². The number of aliphatic hydroxyl groups excluding tert-OH is 8. The van der Waals surface area contributed by atoms with Gasteiger partial charge in [0.1, 0.15) is 48.8 Å². The average molecular weight is 1350 g/mol. The maximum Gasteiger partial charge on any atom is 0.220 e. The van der Waals surface area contributed by atoms with Crippen molar-refractivity contribution in [2.45, 2.75) is 428 Å². The molecule has 556 valence electrons. The molecule has 9 N–H and O–H groups in total. The Morgan fingerprint density at radius 3 is 1.09 bits per heavy atom. The van der Waals surface area contributed by atoms with Gasteiger partial charge in [-0.2, -0.15) is 0 Å². The van der Waals surface area contributed by atoms with Crippen molar-refractivity contribution in [3.63, 3.8) is 0 Å². The van der Waals surface area contributed by atoms with Crippen LogP contribution in [0.4, 0.5) is 0 Å². The van der Waals surface area contributed by atoms with E-state index >= 15 is 0 Å². The van der Waals surface area contributed by atoms with E-state index in [9.17, 15) is 45.6 Å². The minimum absolute atomic E-state index is 0.247. The fraction of sp³-hybridized carbons (Fsp3) is 0.864. The van der Waals surface area contributed by atoms with Crippen molar-refractivity contribution in [1.29, 1.82) is 0 Å². The van der Waals surface area contributed by atoms with Gasteiger partial charge in [0.25, 0.3) is 0 Å². The molecular weight excluding hydrogens is 1190 g/mol. The fourth-order valence-electron chi connectivity index (χ4n) is 13.1. The largest absolute Gasteiger partial charge is 0.394 e. The maximum atomic E-state index is 13.4. The normalized spacial score (nSPS) is 22.6. The van der Waals surface area contributed by atoms with Crippen LogP contribution in [0.15, 0.2) is 60.8 Å². The average Bonchev–Trinajstić information content (AvgIpc) is 0.897. The number of amides is 1. The lowest BCUT2D eigenvalue weighted by Crippen LogP contribution is -2.65. The lowest BCUT2D eigenvalue weighted by Gasteiger charge is -2.46. The monoisotopic (exact) mass is 1340 g/mol. The summed E-state index contributed by atoms with van der Waals surface area (Å²) in [4.78, 5) is 13.4. The standard InChI is InChI=1S/C81H149NO13/c1-3-5-7-9-11-13-15-17-19-21-23-25-26-27-28-29-30-31-32-33-34-35-36-37-38-39-40-41-42-43-44-45-47-49-51-53-55-57-59-61-63-65-73(86)82-69(70(85)64-62-60-58-56-54-52-50-48-46-24-22-20-18-16-14-12-10-8-6-4-2)68-92-80-78(91)76(89)79(72(67-84)94-80)95-81-77(90)75(88)74(87)71(66-83)93-81/h15,17,21,23,46,48,54,56,62,64,69-72,74-81,83-85,87-91H,3-14,16,18-20,22,24-45,47,49-53,55,57-61,63,65-68H2,1-2H3,(H,82,86)/b17-15-,23-21-,48-46+,56-54+,64-62+. The van der Waals surface area contributed by atoms with Crippen LogP contribution >= 0.6 is 0 Å². The Morgan fingerprint density at radius 1 is 0.379 bits per heavy atom. The first-order valence-electron chi connectivity index (χ1n) is 40.0. The summed E-state index contributed by atoms with van der Waals surface area (Å²) >= 11 is 0. The number of ether oxygens (including phenoxy) is 4. The minimum Gasteiger partial charge on any atom is -0.394 e. The predicted molar refractivity (Wildman–Crippen MR) is 392 cm³/mol. The third kappa shape index (κ3) is 48.2. The van der Waals surface area contributed by atoms with E-state index in [0.717, 1.165) is 51.4 Å². The Kier molecular flexibility index (Phi) is 60.8. The van der Waals surface area contributed by atoms with Gasteiger partial charge in [0, 0.05) is 6.42 Å². The van der Waals surface area contributed by atoms with Crippen molar-refractivity contribution >= 4 is 5.91 Å². The molecule has 0 aromatic heterocycles. The molecule has 0 aliphatic carbocycles. The number of aliphatic hydroxyl groups is 8. The molecule has 95 heavy (non-hydrogen) atoms. The molecule has 2 aliphatic heterocycles. The zero-order chi connectivity index (χ0) is 68.7. The summed E-state index contributed by atoms with van der Waals surface area (Å²) in [5.41, 5.74) is 0. The highest BCUT2D eigenvalue weighted by Gasteiger charge is 2.51. The van der Waals surface area contributed by atoms with E-state index in [2.05, 4.69) is 67.8 Å². The van der Waals surface area contributed by atoms with Crippen LogP contribution in [0.2, 0.25) is 0 Å². The number of hydrogen-bond acceptors (Lipinski definition) is 13. The highest BCUT2D eigenvalue weighted by atomic mass is 16.7. The zero-order valence-corrected chi connectivity index (χ0v) is 60.9. The van der Waals surface area contributed by atoms with Gasteiger partial charge < -0.3 is 65.1 Å². The number of rotatable bonds is 67. The summed E-state index contributed by atoms with van der Waals surface area (Å²) in [7, 11) is 0. The first-order valence-corrected chi connectivity index (χ1v) is 40.0. The van der Waals surface area contributed by atoms with E-state index in [-0.39, 0.29) is 18.9 Å². The lowest BCUT2D eigenvalue weighted by molar-refractivity contribution is -0.359. The minimum atomic E-state index is -1.79. The quantitative estimate of drug-likeness (QED) is 0.0204. The van der Waals surface area contributed by atoms with Crippen LogP contribution in [0.3, 0.4) is 0 Å². The summed E-state index contributed by atoms with van der Waals surface area (Å²) < 4.78 is 22.9. The van der Waals surface area contributed by atoms with Gasteiger partial charge in [-0.25, -0.2) is 0 Å². The summed E-state index contributed by atoms with van der Waals surface area (Å²) in [6, 6.07) is -0.939. The summed E-state index contributed by atoms with van der Waals surface area (Å²) in [6.45, 7) is 2.80. The van der Waals surface area contributed by atoms with Gasteiger partial charge in [0.15, 0.2) is 12.6 Å². The molecule has 2 fully saturated rings. The van der Waals surface area contributed by atoms with Crippen molar-refractivity contribution in [2.24, 2.45) is 0 Å². The van der Waals surface area contributed by atoms with Crippen LogP contribution in [-0.4, -0.2) is 140 Å². The highest BCUT2D eigenvalue weighted by molar-refractivity contribution is 5.76. The van der Waals surface area contributed by atoms with Gasteiger partial charge in [0.05, 0.1) is 32.0 Å². The van der Waals surface area contributed by atoms with Crippen LogP contribution in [0, 0.1) is 0 Å². The molecule has 0 radical (unpaired) electrons. The predicted octanol–water partition coefficient (Wildman–Crippen LogP) is 18.0. The van der Waals surface area contributed by atoms with E-state index in [1.54, 1.807) is 6.08 Å². The molecule has 2 heterocycles. The van der Waals surface area contributed by atoms with Crippen molar-refractivity contribution in [3.05, 3.63) is 60.8 Å². The van der Waals surface area contributed by atoms with E-state index in [4.69, 9.17) is 18.9 Å². The molecule has 0 saturated carbocycles. The number of nitrogens with one attached hydrogen (secondary N) is 1. The van der Waals surface area contributed by atoms with E-state index in [1.165, 1.54) is 270 Å². The molecule has 2 rings (SSSR count). The Labute approximate surface area is 581 Å². The molecule has 12 unspecified atom stereocenters. The van der Waals surface area contributed by atoms with E-state index in [1.807, 2.05) is 6.08 Å².